The third-order valence-corrected chi connectivity index (χ3v) is 7.99. The molecular weight excluding hydrogens is 548 g/mol. The van der Waals surface area contributed by atoms with Crippen LogP contribution in [-0.4, -0.2) is 12.8 Å². The van der Waals surface area contributed by atoms with Gasteiger partial charge >= 0.3 is 0 Å². The highest BCUT2D eigenvalue weighted by Gasteiger charge is 2.37. The molecule has 4 aromatic carbocycles. The Labute approximate surface area is 238 Å². The average molecular weight is 580 g/mol. The number of rotatable bonds is 8. The number of benzene rings is 4. The molecule has 196 valence electrons. The first kappa shape index (κ1) is 25.4. The van der Waals surface area contributed by atoms with E-state index in [2.05, 4.69) is 81.9 Å². The first-order valence-electron chi connectivity index (χ1n) is 13.5. The van der Waals surface area contributed by atoms with Gasteiger partial charge in [-0.05, 0) is 90.0 Å². The number of allylic oxidation sites excluding steroid dienone is 2. The Morgan fingerprint density at radius 3 is 2.56 bits per heavy atom. The lowest BCUT2D eigenvalue weighted by Crippen LogP contribution is -2.28. The zero-order valence-electron chi connectivity index (χ0n) is 21.9. The van der Waals surface area contributed by atoms with E-state index in [1.165, 1.54) is 16.8 Å². The van der Waals surface area contributed by atoms with Crippen LogP contribution in [0.25, 0.3) is 0 Å². The molecule has 0 fully saturated rings. The van der Waals surface area contributed by atoms with Gasteiger partial charge in [-0.15, -0.1) is 0 Å². The van der Waals surface area contributed by atoms with Gasteiger partial charge in [-0.3, -0.25) is 4.99 Å². The van der Waals surface area contributed by atoms with E-state index in [0.29, 0.717) is 25.0 Å². The molecule has 1 aliphatic carbocycles. The monoisotopic (exact) mass is 578 g/mol. The Kier molecular flexibility index (Phi) is 7.51. The van der Waals surface area contributed by atoms with Gasteiger partial charge in [-0.25, -0.2) is 0 Å². The van der Waals surface area contributed by atoms with E-state index in [9.17, 15) is 0 Å². The number of halogens is 1. The van der Waals surface area contributed by atoms with E-state index in [-0.39, 0.29) is 6.04 Å². The molecule has 2 aliphatic rings. The SMILES string of the molecule is CCOc1cc(C=Nc2ccc([C@@H]3Nc4ccccc4[C@H]4C=CC[C@H]43)cc2)ccc1OCc1ccc(Br)cc1. The molecule has 4 aromatic rings. The Morgan fingerprint density at radius 1 is 0.923 bits per heavy atom. The molecule has 0 amide bonds. The fourth-order valence-electron chi connectivity index (χ4n) is 5.52. The number of fused-ring (bicyclic) bond motifs is 3. The zero-order valence-corrected chi connectivity index (χ0v) is 23.5. The molecular formula is C34H31BrN2O2. The molecule has 5 heteroatoms. The molecule has 0 bridgehead atoms. The van der Waals surface area contributed by atoms with Crippen LogP contribution in [0.1, 0.15) is 47.6 Å². The predicted octanol–water partition coefficient (Wildman–Crippen LogP) is 9.00. The van der Waals surface area contributed by atoms with Crippen molar-refractivity contribution in [3.05, 3.63) is 130 Å². The molecule has 39 heavy (non-hydrogen) atoms. The Hall–Kier alpha value is -3.83. The normalized spacial score (nSPS) is 19.4. The van der Waals surface area contributed by atoms with Crippen LogP contribution in [0.3, 0.4) is 0 Å². The van der Waals surface area contributed by atoms with Crippen molar-refractivity contribution < 1.29 is 9.47 Å². The van der Waals surface area contributed by atoms with Crippen LogP contribution in [0.2, 0.25) is 0 Å². The molecule has 4 nitrogen and oxygen atoms in total. The zero-order chi connectivity index (χ0) is 26.6. The first-order chi connectivity index (χ1) is 19.2. The first-order valence-corrected chi connectivity index (χ1v) is 14.3. The van der Waals surface area contributed by atoms with Crippen molar-refractivity contribution in [1.29, 1.82) is 0 Å². The molecule has 0 spiro atoms. The van der Waals surface area contributed by atoms with E-state index >= 15 is 0 Å². The lowest BCUT2D eigenvalue weighted by molar-refractivity contribution is 0.269. The molecule has 1 heterocycles. The largest absolute Gasteiger partial charge is 0.490 e. The fourth-order valence-corrected chi connectivity index (χ4v) is 5.79. The highest BCUT2D eigenvalue weighted by Crippen LogP contribution is 2.49. The molecule has 0 radical (unpaired) electrons. The van der Waals surface area contributed by atoms with Gasteiger partial charge in [0.05, 0.1) is 18.3 Å². The minimum Gasteiger partial charge on any atom is -0.490 e. The highest BCUT2D eigenvalue weighted by atomic mass is 79.9. The van der Waals surface area contributed by atoms with Gasteiger partial charge in [0.1, 0.15) is 6.61 Å². The van der Waals surface area contributed by atoms with Crippen LogP contribution in [-0.2, 0) is 6.61 Å². The third kappa shape index (κ3) is 5.64. The molecule has 1 N–H and O–H groups in total. The summed E-state index contributed by atoms with van der Waals surface area (Å²) in [5.74, 6) is 2.46. The quantitative estimate of drug-likeness (QED) is 0.167. The van der Waals surface area contributed by atoms with Crippen molar-refractivity contribution in [1.82, 2.24) is 0 Å². The molecule has 3 atom stereocenters. The Morgan fingerprint density at radius 2 is 1.74 bits per heavy atom. The summed E-state index contributed by atoms with van der Waals surface area (Å²) in [5.41, 5.74) is 6.93. The van der Waals surface area contributed by atoms with Gasteiger partial charge < -0.3 is 14.8 Å². The molecule has 0 saturated carbocycles. The maximum Gasteiger partial charge on any atom is 0.161 e. The smallest absolute Gasteiger partial charge is 0.161 e. The minimum atomic E-state index is 0.289. The van der Waals surface area contributed by atoms with Crippen molar-refractivity contribution in [3.8, 4) is 11.5 Å². The van der Waals surface area contributed by atoms with Crippen LogP contribution in [0.15, 0.2) is 113 Å². The topological polar surface area (TPSA) is 42.8 Å². The van der Waals surface area contributed by atoms with Crippen molar-refractivity contribution in [2.24, 2.45) is 10.9 Å². The number of aliphatic imine (C=N–C) groups is 1. The second-order valence-corrected chi connectivity index (χ2v) is 10.9. The standard InChI is InChI=1S/C34H31BrN2O2/c1-2-38-33-20-24(12-19-32(33)39-22-23-10-15-26(35)16-11-23)21-36-27-17-13-25(14-18-27)34-30-8-5-7-28(30)29-6-3-4-9-31(29)37-34/h3-7,9-21,28,30,34,37H,2,8,22H2,1H3/t28-,30-,34+/m1/s1. The van der Waals surface area contributed by atoms with Crippen molar-refractivity contribution >= 4 is 33.5 Å². The summed E-state index contributed by atoms with van der Waals surface area (Å²) in [6, 6.07) is 31.7. The summed E-state index contributed by atoms with van der Waals surface area (Å²) >= 11 is 3.47. The van der Waals surface area contributed by atoms with Crippen molar-refractivity contribution in [2.45, 2.75) is 31.9 Å². The Bertz CT molecular complexity index is 1490. The fraction of sp³-hybridized carbons (Fsp3) is 0.206. The van der Waals surface area contributed by atoms with Gasteiger partial charge in [0.2, 0.25) is 0 Å². The van der Waals surface area contributed by atoms with Gasteiger partial charge in [-0.1, -0.05) is 70.5 Å². The van der Waals surface area contributed by atoms with Crippen LogP contribution in [0.4, 0.5) is 11.4 Å². The van der Waals surface area contributed by atoms with Crippen LogP contribution in [0.5, 0.6) is 11.5 Å². The maximum absolute atomic E-state index is 6.06. The number of anilines is 1. The molecule has 1 aliphatic heterocycles. The number of para-hydroxylation sites is 1. The van der Waals surface area contributed by atoms with Gasteiger partial charge in [-0.2, -0.15) is 0 Å². The number of nitrogens with zero attached hydrogens (tertiary/aromatic N) is 1. The van der Waals surface area contributed by atoms with E-state index in [1.54, 1.807) is 0 Å². The predicted molar refractivity (Wildman–Crippen MR) is 163 cm³/mol. The van der Waals surface area contributed by atoms with E-state index < -0.39 is 0 Å². The van der Waals surface area contributed by atoms with Crippen LogP contribution in [0, 0.1) is 5.92 Å². The summed E-state index contributed by atoms with van der Waals surface area (Å²) < 4.78 is 13.0. The second-order valence-electron chi connectivity index (χ2n) is 9.97. The summed E-state index contributed by atoms with van der Waals surface area (Å²) in [4.78, 5) is 4.74. The van der Waals surface area contributed by atoms with Crippen LogP contribution >= 0.6 is 15.9 Å². The molecule has 0 saturated heterocycles. The number of hydrogen-bond acceptors (Lipinski definition) is 4. The summed E-state index contributed by atoms with van der Waals surface area (Å²) in [7, 11) is 0. The lowest BCUT2D eigenvalue weighted by Gasteiger charge is -2.37. The van der Waals surface area contributed by atoms with Crippen LogP contribution < -0.4 is 14.8 Å². The molecule has 0 unspecified atom stereocenters. The Balaban J connectivity index is 1.15. The second kappa shape index (κ2) is 11.5. The maximum atomic E-state index is 6.06. The van der Waals surface area contributed by atoms with E-state index in [0.717, 1.165) is 39.2 Å². The highest BCUT2D eigenvalue weighted by molar-refractivity contribution is 9.10. The van der Waals surface area contributed by atoms with E-state index in [4.69, 9.17) is 14.5 Å². The van der Waals surface area contributed by atoms with Gasteiger partial charge in [0.25, 0.3) is 0 Å². The minimum absolute atomic E-state index is 0.289. The third-order valence-electron chi connectivity index (χ3n) is 7.46. The number of hydrogen-bond donors (Lipinski definition) is 1. The van der Waals surface area contributed by atoms with Gasteiger partial charge in [0.15, 0.2) is 11.5 Å². The molecule has 6 rings (SSSR count). The molecule has 0 aromatic heterocycles. The lowest BCUT2D eigenvalue weighted by atomic mass is 9.77. The summed E-state index contributed by atoms with van der Waals surface area (Å²) in [6.07, 6.45) is 7.69. The van der Waals surface area contributed by atoms with Gasteiger partial charge in [0, 0.05) is 22.3 Å². The number of ether oxygens (including phenoxy) is 2. The average Bonchev–Trinajstić information content (AvgIpc) is 3.47. The number of nitrogens with one attached hydrogen (secondary N) is 1. The summed E-state index contributed by atoms with van der Waals surface area (Å²) in [6.45, 7) is 3.02. The summed E-state index contributed by atoms with van der Waals surface area (Å²) in [5, 5.41) is 3.80. The van der Waals surface area contributed by atoms with E-state index in [1.807, 2.05) is 55.6 Å². The van der Waals surface area contributed by atoms with Crippen molar-refractivity contribution in [3.63, 3.8) is 0 Å². The van der Waals surface area contributed by atoms with Crippen molar-refractivity contribution in [2.75, 3.05) is 11.9 Å².